The Labute approximate surface area is 177 Å². The highest BCUT2D eigenvalue weighted by molar-refractivity contribution is 5.85. The Bertz CT molecular complexity index is 914. The molecule has 2 aromatic rings. The number of hydrogen-bond donors (Lipinski definition) is 2. The van der Waals surface area contributed by atoms with E-state index < -0.39 is 6.04 Å². The first-order valence-corrected chi connectivity index (χ1v) is 10.0. The van der Waals surface area contributed by atoms with Crippen LogP contribution in [0.2, 0.25) is 0 Å². The maximum Gasteiger partial charge on any atom is 0.251 e. The van der Waals surface area contributed by atoms with Crippen LogP contribution in [0.3, 0.4) is 0 Å². The van der Waals surface area contributed by atoms with Gasteiger partial charge in [-0.3, -0.25) is 14.2 Å². The largest absolute Gasteiger partial charge is 0.496 e. The normalized spacial score (nSPS) is 22.2. The van der Waals surface area contributed by atoms with E-state index in [4.69, 9.17) is 4.74 Å². The van der Waals surface area contributed by atoms with Gasteiger partial charge >= 0.3 is 0 Å². The molecule has 2 aliphatic rings. The molecule has 2 bridgehead atoms. The van der Waals surface area contributed by atoms with Crippen molar-refractivity contribution in [3.63, 3.8) is 0 Å². The van der Waals surface area contributed by atoms with Gasteiger partial charge in [0.05, 0.1) is 7.11 Å². The van der Waals surface area contributed by atoms with Crippen LogP contribution in [0.5, 0.6) is 5.75 Å². The Kier molecular flexibility index (Phi) is 6.98. The van der Waals surface area contributed by atoms with Crippen LogP contribution in [0.25, 0.3) is 0 Å². The minimum Gasteiger partial charge on any atom is -0.496 e. The Balaban J connectivity index is 0.00000240. The number of fused-ring (bicyclic) bond motifs is 4. The number of ether oxygens (including phenoxy) is 1. The van der Waals surface area contributed by atoms with Gasteiger partial charge in [-0.1, -0.05) is 24.3 Å². The molecule has 1 aromatic heterocycles. The van der Waals surface area contributed by atoms with Gasteiger partial charge in [0.15, 0.2) is 0 Å². The van der Waals surface area contributed by atoms with E-state index in [-0.39, 0.29) is 29.8 Å². The fourth-order valence-corrected chi connectivity index (χ4v) is 4.63. The topological polar surface area (TPSA) is 72.4 Å². The van der Waals surface area contributed by atoms with E-state index in [9.17, 15) is 9.59 Å². The lowest BCUT2D eigenvalue weighted by atomic mass is 9.79. The second-order valence-corrected chi connectivity index (χ2v) is 7.66. The van der Waals surface area contributed by atoms with Gasteiger partial charge in [0.1, 0.15) is 11.8 Å². The van der Waals surface area contributed by atoms with Gasteiger partial charge in [-0.15, -0.1) is 12.4 Å². The standard InChI is InChI=1S/C22H27N3O3.ClH/c1-28-19-9-3-2-6-15(19)7-5-11-24-22(27)21-17-12-16(13-23-14-17)18-8-4-10-20(26)25(18)21;/h2-4,6,8-10,16-17,21,23H,5,7,11-14H2,1H3,(H,24,27);1H/t16-,17+,21-;/m1./s1. The molecule has 1 aromatic carbocycles. The second kappa shape index (κ2) is 9.46. The van der Waals surface area contributed by atoms with Crippen LogP contribution in [0.4, 0.5) is 0 Å². The summed E-state index contributed by atoms with van der Waals surface area (Å²) in [6, 6.07) is 12.8. The Hall–Kier alpha value is -2.31. The Morgan fingerprint density at radius 2 is 2.03 bits per heavy atom. The molecule has 156 valence electrons. The molecule has 4 rings (SSSR count). The van der Waals surface area contributed by atoms with Crippen molar-refractivity contribution in [2.45, 2.75) is 31.2 Å². The highest BCUT2D eigenvalue weighted by Crippen LogP contribution is 2.38. The molecule has 0 unspecified atom stereocenters. The number of aromatic nitrogens is 1. The summed E-state index contributed by atoms with van der Waals surface area (Å²) in [6.07, 6.45) is 2.61. The Morgan fingerprint density at radius 1 is 1.21 bits per heavy atom. The number of carbonyl (C=O) groups excluding carboxylic acids is 1. The zero-order valence-electron chi connectivity index (χ0n) is 16.6. The maximum absolute atomic E-state index is 13.0. The van der Waals surface area contributed by atoms with Gasteiger partial charge in [-0.2, -0.15) is 0 Å². The summed E-state index contributed by atoms with van der Waals surface area (Å²) >= 11 is 0. The van der Waals surface area contributed by atoms with Crippen molar-refractivity contribution in [2.24, 2.45) is 5.92 Å². The van der Waals surface area contributed by atoms with Crippen molar-refractivity contribution in [3.8, 4) is 5.75 Å². The van der Waals surface area contributed by atoms with Crippen molar-refractivity contribution in [3.05, 3.63) is 64.1 Å². The van der Waals surface area contributed by atoms with Crippen molar-refractivity contribution < 1.29 is 9.53 Å². The maximum atomic E-state index is 13.0. The number of nitrogens with zero attached hydrogens (tertiary/aromatic N) is 1. The SMILES string of the molecule is COc1ccccc1CCCNC(=O)[C@H]1[C@@H]2CNC[C@@H](C2)c2cccc(=O)n21.Cl. The third-order valence-corrected chi connectivity index (χ3v) is 5.93. The van der Waals surface area contributed by atoms with Crippen molar-refractivity contribution >= 4 is 18.3 Å². The van der Waals surface area contributed by atoms with Gasteiger partial charge in [-0.25, -0.2) is 0 Å². The van der Waals surface area contributed by atoms with E-state index in [2.05, 4.69) is 10.6 Å². The van der Waals surface area contributed by atoms with Gasteiger partial charge in [-0.05, 0) is 37.0 Å². The monoisotopic (exact) mass is 417 g/mol. The number of methoxy groups -OCH3 is 1. The fraction of sp³-hybridized carbons (Fsp3) is 0.455. The van der Waals surface area contributed by atoms with Gasteiger partial charge in [0, 0.05) is 43.2 Å². The van der Waals surface area contributed by atoms with Crippen LogP contribution in [-0.4, -0.2) is 37.2 Å². The first-order valence-electron chi connectivity index (χ1n) is 10.0. The lowest BCUT2D eigenvalue weighted by Crippen LogP contribution is -2.52. The lowest BCUT2D eigenvalue weighted by molar-refractivity contribution is -0.127. The minimum atomic E-state index is -0.431. The molecule has 2 N–H and O–H groups in total. The van der Waals surface area contributed by atoms with E-state index in [1.54, 1.807) is 23.8 Å². The number of carbonyl (C=O) groups is 1. The lowest BCUT2D eigenvalue weighted by Gasteiger charge is -2.42. The van der Waals surface area contributed by atoms with Crippen LogP contribution in [0.15, 0.2) is 47.3 Å². The van der Waals surface area contributed by atoms with Gasteiger partial charge in [0.2, 0.25) is 5.91 Å². The van der Waals surface area contributed by atoms with E-state index in [0.29, 0.717) is 12.5 Å². The predicted molar refractivity (Wildman–Crippen MR) is 115 cm³/mol. The summed E-state index contributed by atoms with van der Waals surface area (Å²) in [5, 5.41) is 6.49. The minimum absolute atomic E-state index is 0. The number of halogens is 1. The third kappa shape index (κ3) is 4.33. The van der Waals surface area contributed by atoms with E-state index in [0.717, 1.165) is 49.4 Å². The molecule has 29 heavy (non-hydrogen) atoms. The molecule has 0 spiro atoms. The smallest absolute Gasteiger partial charge is 0.251 e. The van der Waals surface area contributed by atoms with Crippen LogP contribution in [-0.2, 0) is 11.2 Å². The summed E-state index contributed by atoms with van der Waals surface area (Å²) < 4.78 is 7.11. The number of nitrogens with one attached hydrogen (secondary N) is 2. The Morgan fingerprint density at radius 3 is 2.86 bits per heavy atom. The quantitative estimate of drug-likeness (QED) is 0.707. The second-order valence-electron chi connectivity index (χ2n) is 7.66. The van der Waals surface area contributed by atoms with Crippen LogP contribution in [0, 0.1) is 5.92 Å². The first kappa shape index (κ1) is 21.4. The number of piperidine rings is 1. The molecule has 6 nitrogen and oxygen atoms in total. The molecule has 3 atom stereocenters. The number of rotatable bonds is 6. The zero-order valence-corrected chi connectivity index (χ0v) is 17.4. The van der Waals surface area contributed by atoms with Crippen molar-refractivity contribution in [1.82, 2.24) is 15.2 Å². The number of pyridine rings is 1. The number of hydrogen-bond acceptors (Lipinski definition) is 4. The molecule has 1 fully saturated rings. The number of para-hydroxylation sites is 1. The highest BCUT2D eigenvalue weighted by atomic mass is 35.5. The average Bonchev–Trinajstić information content (AvgIpc) is 2.72. The van der Waals surface area contributed by atoms with Gasteiger partial charge < -0.3 is 15.4 Å². The van der Waals surface area contributed by atoms with Crippen LogP contribution >= 0.6 is 12.4 Å². The third-order valence-electron chi connectivity index (χ3n) is 5.93. The summed E-state index contributed by atoms with van der Waals surface area (Å²) in [4.78, 5) is 25.6. The molecule has 0 aliphatic carbocycles. The van der Waals surface area contributed by atoms with E-state index in [1.807, 2.05) is 30.3 Å². The van der Waals surface area contributed by atoms with Crippen LogP contribution < -0.4 is 20.9 Å². The first-order chi connectivity index (χ1) is 13.7. The number of benzene rings is 1. The molecule has 2 aliphatic heterocycles. The molecular weight excluding hydrogens is 390 g/mol. The summed E-state index contributed by atoms with van der Waals surface area (Å²) in [7, 11) is 1.67. The highest BCUT2D eigenvalue weighted by Gasteiger charge is 2.41. The number of amides is 1. The van der Waals surface area contributed by atoms with E-state index in [1.165, 1.54) is 0 Å². The molecular formula is C22H28ClN3O3. The van der Waals surface area contributed by atoms with Crippen LogP contribution in [0.1, 0.15) is 36.1 Å². The molecule has 0 radical (unpaired) electrons. The molecule has 3 heterocycles. The van der Waals surface area contributed by atoms with E-state index >= 15 is 0 Å². The average molecular weight is 418 g/mol. The summed E-state index contributed by atoms with van der Waals surface area (Å²) in [5.74, 6) is 1.28. The summed E-state index contributed by atoms with van der Waals surface area (Å²) in [6.45, 7) is 2.22. The molecule has 1 saturated heterocycles. The summed E-state index contributed by atoms with van der Waals surface area (Å²) in [5.41, 5.74) is 2.03. The van der Waals surface area contributed by atoms with Crippen molar-refractivity contribution in [2.75, 3.05) is 26.7 Å². The molecule has 7 heteroatoms. The van der Waals surface area contributed by atoms with Crippen molar-refractivity contribution in [1.29, 1.82) is 0 Å². The number of aryl methyl sites for hydroxylation is 1. The van der Waals surface area contributed by atoms with Gasteiger partial charge in [0.25, 0.3) is 5.56 Å². The predicted octanol–water partition coefficient (Wildman–Crippen LogP) is 2.28. The zero-order chi connectivity index (χ0) is 19.5. The molecule has 0 saturated carbocycles. The fourth-order valence-electron chi connectivity index (χ4n) is 4.63. The molecule has 1 amide bonds.